The zero-order valence-electron chi connectivity index (χ0n) is 8.60. The second kappa shape index (κ2) is 5.21. The highest BCUT2D eigenvalue weighted by atomic mass is 16.7. The molecule has 15 heavy (non-hydrogen) atoms. The molecule has 1 rings (SSSR count). The molecular formula is C10H13NO4. The smallest absolute Gasteiger partial charge is 0.365 e. The molecular weight excluding hydrogens is 198 g/mol. The number of carbonyl (C=O) groups excluding carboxylic acids is 1. The molecule has 5 heteroatoms. The molecule has 0 aliphatic rings. The molecule has 0 aromatic heterocycles. The topological polar surface area (TPSA) is 70.8 Å². The van der Waals surface area contributed by atoms with E-state index < -0.39 is 12.1 Å². The molecule has 1 unspecified atom stereocenters. The fraction of sp³-hybridized carbons (Fsp3) is 0.300. The molecule has 0 heterocycles. The van der Waals surface area contributed by atoms with E-state index in [-0.39, 0.29) is 0 Å². The Morgan fingerprint density at radius 2 is 2.07 bits per heavy atom. The lowest BCUT2D eigenvalue weighted by Gasteiger charge is -2.12. The summed E-state index contributed by atoms with van der Waals surface area (Å²) in [5, 5.41) is 0. The number of rotatable bonds is 4. The summed E-state index contributed by atoms with van der Waals surface area (Å²) in [5.41, 5.74) is 0. The first-order valence-electron chi connectivity index (χ1n) is 4.38. The zero-order chi connectivity index (χ0) is 11.3. The van der Waals surface area contributed by atoms with Gasteiger partial charge in [-0.2, -0.15) is 5.90 Å². The molecule has 0 radical (unpaired) electrons. The van der Waals surface area contributed by atoms with Crippen LogP contribution in [0.2, 0.25) is 0 Å². The summed E-state index contributed by atoms with van der Waals surface area (Å²) in [5.74, 6) is 5.28. The minimum Gasteiger partial charge on any atom is -0.497 e. The molecule has 0 fully saturated rings. The highest BCUT2D eigenvalue weighted by molar-refractivity contribution is 5.74. The Balaban J connectivity index is 2.67. The van der Waals surface area contributed by atoms with Crippen molar-refractivity contribution in [2.45, 2.75) is 13.0 Å². The molecule has 0 saturated heterocycles. The van der Waals surface area contributed by atoms with Gasteiger partial charge in [0, 0.05) is 6.07 Å². The minimum atomic E-state index is -0.748. The van der Waals surface area contributed by atoms with Crippen molar-refractivity contribution in [3.63, 3.8) is 0 Å². The highest BCUT2D eigenvalue weighted by Gasteiger charge is 2.15. The van der Waals surface area contributed by atoms with Crippen LogP contribution in [0.25, 0.3) is 0 Å². The van der Waals surface area contributed by atoms with Gasteiger partial charge in [-0.05, 0) is 19.1 Å². The summed E-state index contributed by atoms with van der Waals surface area (Å²) in [6.45, 7) is 1.55. The lowest BCUT2D eigenvalue weighted by atomic mass is 10.3. The van der Waals surface area contributed by atoms with Crippen LogP contribution in [0, 0.1) is 0 Å². The maximum atomic E-state index is 11.0. The van der Waals surface area contributed by atoms with E-state index >= 15 is 0 Å². The molecule has 0 spiro atoms. The van der Waals surface area contributed by atoms with Crippen LogP contribution in [0.1, 0.15) is 6.92 Å². The van der Waals surface area contributed by atoms with Crippen LogP contribution in [-0.2, 0) is 9.63 Å². The van der Waals surface area contributed by atoms with E-state index in [0.29, 0.717) is 11.5 Å². The van der Waals surface area contributed by atoms with E-state index in [2.05, 4.69) is 4.84 Å². The number of nitrogens with two attached hydrogens (primary N) is 1. The maximum absolute atomic E-state index is 11.0. The van der Waals surface area contributed by atoms with Crippen molar-refractivity contribution in [2.75, 3.05) is 7.11 Å². The molecule has 0 aliphatic carbocycles. The van der Waals surface area contributed by atoms with Crippen molar-refractivity contribution >= 4 is 5.97 Å². The number of hydrogen-bond acceptors (Lipinski definition) is 5. The van der Waals surface area contributed by atoms with Crippen molar-refractivity contribution in [3.8, 4) is 11.5 Å². The van der Waals surface area contributed by atoms with Crippen LogP contribution in [0.3, 0.4) is 0 Å². The summed E-state index contributed by atoms with van der Waals surface area (Å²) in [6, 6.07) is 6.91. The Bertz CT molecular complexity index is 340. The van der Waals surface area contributed by atoms with Gasteiger partial charge in [-0.25, -0.2) is 4.79 Å². The normalized spacial score (nSPS) is 11.7. The zero-order valence-corrected chi connectivity index (χ0v) is 8.60. The molecule has 1 aromatic rings. The lowest BCUT2D eigenvalue weighted by Crippen LogP contribution is -2.28. The molecule has 2 N–H and O–H groups in total. The standard InChI is InChI=1S/C10H13NO4/c1-7(10(12)15-11)14-9-5-3-4-8(6-9)13-2/h3-7H,11H2,1-2H3. The Morgan fingerprint density at radius 3 is 2.67 bits per heavy atom. The van der Waals surface area contributed by atoms with Crippen molar-refractivity contribution in [2.24, 2.45) is 5.90 Å². The Morgan fingerprint density at radius 1 is 1.40 bits per heavy atom. The molecule has 1 atom stereocenters. The lowest BCUT2D eigenvalue weighted by molar-refractivity contribution is -0.151. The molecule has 0 aliphatic heterocycles. The van der Waals surface area contributed by atoms with E-state index in [0.717, 1.165) is 0 Å². The predicted octanol–water partition coefficient (Wildman–Crippen LogP) is 0.879. The van der Waals surface area contributed by atoms with Gasteiger partial charge < -0.3 is 14.3 Å². The monoisotopic (exact) mass is 211 g/mol. The van der Waals surface area contributed by atoms with Crippen LogP contribution in [-0.4, -0.2) is 19.2 Å². The SMILES string of the molecule is COc1cccc(OC(C)C(=O)ON)c1. The number of benzene rings is 1. The van der Waals surface area contributed by atoms with Gasteiger partial charge in [-0.3, -0.25) is 0 Å². The maximum Gasteiger partial charge on any atom is 0.365 e. The largest absolute Gasteiger partial charge is 0.497 e. The summed E-state index contributed by atoms with van der Waals surface area (Å²) >= 11 is 0. The van der Waals surface area contributed by atoms with E-state index in [4.69, 9.17) is 15.4 Å². The van der Waals surface area contributed by atoms with Gasteiger partial charge in [0.15, 0.2) is 6.10 Å². The summed E-state index contributed by atoms with van der Waals surface area (Å²) in [4.78, 5) is 15.0. The first kappa shape index (κ1) is 11.3. The van der Waals surface area contributed by atoms with Gasteiger partial charge in [0.25, 0.3) is 0 Å². The van der Waals surface area contributed by atoms with Crippen molar-refractivity contribution in [3.05, 3.63) is 24.3 Å². The molecule has 1 aromatic carbocycles. The first-order valence-corrected chi connectivity index (χ1v) is 4.38. The number of ether oxygens (including phenoxy) is 2. The summed E-state index contributed by atoms with van der Waals surface area (Å²) in [6.07, 6.45) is -0.748. The van der Waals surface area contributed by atoms with E-state index in [1.807, 2.05) is 0 Å². The van der Waals surface area contributed by atoms with Crippen LogP contribution < -0.4 is 15.4 Å². The van der Waals surface area contributed by atoms with Crippen LogP contribution in [0.4, 0.5) is 0 Å². The third-order valence-electron chi connectivity index (χ3n) is 1.80. The molecule has 5 nitrogen and oxygen atoms in total. The highest BCUT2D eigenvalue weighted by Crippen LogP contribution is 2.19. The molecule has 0 saturated carbocycles. The van der Waals surface area contributed by atoms with Gasteiger partial charge >= 0.3 is 5.97 Å². The van der Waals surface area contributed by atoms with Crippen molar-refractivity contribution in [1.29, 1.82) is 0 Å². The molecule has 0 amide bonds. The third-order valence-corrected chi connectivity index (χ3v) is 1.80. The molecule has 0 bridgehead atoms. The van der Waals surface area contributed by atoms with E-state index in [1.165, 1.54) is 0 Å². The quantitative estimate of drug-likeness (QED) is 0.748. The van der Waals surface area contributed by atoms with Gasteiger partial charge in [-0.1, -0.05) is 6.07 Å². The number of hydrogen-bond donors (Lipinski definition) is 1. The average molecular weight is 211 g/mol. The van der Waals surface area contributed by atoms with Crippen LogP contribution in [0.5, 0.6) is 11.5 Å². The second-order valence-electron chi connectivity index (χ2n) is 2.88. The van der Waals surface area contributed by atoms with Crippen molar-refractivity contribution in [1.82, 2.24) is 0 Å². The van der Waals surface area contributed by atoms with Gasteiger partial charge in [0.2, 0.25) is 0 Å². The Hall–Kier alpha value is -1.75. The second-order valence-corrected chi connectivity index (χ2v) is 2.88. The Labute approximate surface area is 87.7 Å². The van der Waals surface area contributed by atoms with E-state index in [9.17, 15) is 4.79 Å². The fourth-order valence-corrected chi connectivity index (χ4v) is 1.02. The minimum absolute atomic E-state index is 0.521. The average Bonchev–Trinajstić information content (AvgIpc) is 2.28. The third kappa shape index (κ3) is 3.14. The summed E-state index contributed by atoms with van der Waals surface area (Å²) in [7, 11) is 1.55. The van der Waals surface area contributed by atoms with Gasteiger partial charge in [0.05, 0.1) is 7.11 Å². The fourth-order valence-electron chi connectivity index (χ4n) is 1.02. The van der Waals surface area contributed by atoms with Crippen molar-refractivity contribution < 1.29 is 19.1 Å². The van der Waals surface area contributed by atoms with E-state index in [1.54, 1.807) is 38.3 Å². The Kier molecular flexibility index (Phi) is 3.93. The predicted molar refractivity (Wildman–Crippen MR) is 53.4 cm³/mol. The summed E-state index contributed by atoms with van der Waals surface area (Å²) < 4.78 is 10.3. The number of methoxy groups -OCH3 is 1. The van der Waals surface area contributed by atoms with Gasteiger partial charge in [-0.15, -0.1) is 0 Å². The first-order chi connectivity index (χ1) is 7.17. The van der Waals surface area contributed by atoms with Gasteiger partial charge in [0.1, 0.15) is 11.5 Å². The number of carbonyl (C=O) groups is 1. The van der Waals surface area contributed by atoms with Crippen LogP contribution in [0.15, 0.2) is 24.3 Å². The van der Waals surface area contributed by atoms with Crippen LogP contribution >= 0.6 is 0 Å². The molecule has 82 valence electrons.